The summed E-state index contributed by atoms with van der Waals surface area (Å²) < 4.78 is 10.5. The number of hydrazone groups is 1. The number of amides is 1. The fraction of sp³-hybridized carbons (Fsp3) is 0.389. The maximum absolute atomic E-state index is 12.0. The smallest absolute Gasteiger partial charge is 0.240 e. The maximum Gasteiger partial charge on any atom is 0.240 e. The third kappa shape index (κ3) is 4.59. The monoisotopic (exact) mass is 344 g/mol. The zero-order chi connectivity index (χ0) is 18.4. The minimum Gasteiger partial charge on any atom is -0.493 e. The standard InChI is InChI=1S/C18H24N4O3/c1-11(14-6-8-16(24-4)17(10-14)25-5)19-22-18(23)9-7-15-12(2)20-21-13(15)3/h6,8,10H,7,9H2,1-5H3,(H,20,21)(H,22,23)/b19-11-. The third-order valence-electron chi connectivity index (χ3n) is 4.03. The number of hydrogen-bond acceptors (Lipinski definition) is 5. The van der Waals surface area contributed by atoms with Gasteiger partial charge < -0.3 is 9.47 Å². The van der Waals surface area contributed by atoms with Crippen LogP contribution in [0.3, 0.4) is 0 Å². The quantitative estimate of drug-likeness (QED) is 0.597. The summed E-state index contributed by atoms with van der Waals surface area (Å²) in [5, 5.41) is 11.2. The molecule has 0 aliphatic heterocycles. The number of carbonyl (C=O) groups excluding carboxylic acids is 1. The average molecular weight is 344 g/mol. The molecular formula is C18H24N4O3. The van der Waals surface area contributed by atoms with Crippen molar-refractivity contribution in [2.24, 2.45) is 5.10 Å². The summed E-state index contributed by atoms with van der Waals surface area (Å²) in [6, 6.07) is 5.49. The molecule has 134 valence electrons. The van der Waals surface area contributed by atoms with Gasteiger partial charge in [-0.3, -0.25) is 9.89 Å². The van der Waals surface area contributed by atoms with Crippen molar-refractivity contribution in [1.29, 1.82) is 0 Å². The molecule has 0 saturated carbocycles. The lowest BCUT2D eigenvalue weighted by molar-refractivity contribution is -0.121. The number of rotatable bonds is 7. The summed E-state index contributed by atoms with van der Waals surface area (Å²) in [5.74, 6) is 1.13. The number of nitrogens with one attached hydrogen (secondary N) is 2. The van der Waals surface area contributed by atoms with Crippen LogP contribution in [0.25, 0.3) is 0 Å². The Morgan fingerprint density at radius 2 is 1.96 bits per heavy atom. The van der Waals surface area contributed by atoms with Gasteiger partial charge in [-0.15, -0.1) is 0 Å². The largest absolute Gasteiger partial charge is 0.493 e. The number of carbonyl (C=O) groups is 1. The molecule has 2 N–H and O–H groups in total. The predicted octanol–water partition coefficient (Wildman–Crippen LogP) is 2.52. The van der Waals surface area contributed by atoms with E-state index >= 15 is 0 Å². The van der Waals surface area contributed by atoms with Gasteiger partial charge in [0, 0.05) is 17.7 Å². The number of methoxy groups -OCH3 is 2. The molecule has 0 atom stereocenters. The van der Waals surface area contributed by atoms with E-state index in [0.29, 0.717) is 30.1 Å². The summed E-state index contributed by atoms with van der Waals surface area (Å²) in [6.07, 6.45) is 0.981. The molecule has 2 rings (SSSR count). The Bertz CT molecular complexity index is 761. The molecule has 7 heteroatoms. The van der Waals surface area contributed by atoms with E-state index in [2.05, 4.69) is 20.7 Å². The van der Waals surface area contributed by atoms with E-state index in [9.17, 15) is 4.79 Å². The van der Waals surface area contributed by atoms with E-state index in [1.54, 1.807) is 20.3 Å². The van der Waals surface area contributed by atoms with Crippen LogP contribution in [0.1, 0.15) is 35.9 Å². The maximum atomic E-state index is 12.0. The number of ether oxygens (including phenoxy) is 2. The highest BCUT2D eigenvalue weighted by Gasteiger charge is 2.10. The first-order valence-electron chi connectivity index (χ1n) is 8.02. The van der Waals surface area contributed by atoms with Gasteiger partial charge in [-0.05, 0) is 51.0 Å². The molecule has 2 aromatic rings. The zero-order valence-corrected chi connectivity index (χ0v) is 15.3. The average Bonchev–Trinajstić information content (AvgIpc) is 2.95. The molecule has 25 heavy (non-hydrogen) atoms. The molecule has 0 fully saturated rings. The lowest BCUT2D eigenvalue weighted by Crippen LogP contribution is -2.19. The number of nitrogens with zero attached hydrogens (tertiary/aromatic N) is 2. The molecule has 1 aromatic heterocycles. The molecule has 1 amide bonds. The molecule has 0 saturated heterocycles. The number of aryl methyl sites for hydroxylation is 2. The van der Waals surface area contributed by atoms with Crippen LogP contribution in [0.4, 0.5) is 0 Å². The second-order valence-corrected chi connectivity index (χ2v) is 5.71. The number of H-pyrrole nitrogens is 1. The van der Waals surface area contributed by atoms with Crippen LogP contribution in [0.5, 0.6) is 11.5 Å². The van der Waals surface area contributed by atoms with E-state index < -0.39 is 0 Å². The van der Waals surface area contributed by atoms with Crippen LogP contribution in [0, 0.1) is 13.8 Å². The van der Waals surface area contributed by atoms with Crippen molar-refractivity contribution in [2.45, 2.75) is 33.6 Å². The summed E-state index contributed by atoms with van der Waals surface area (Å²) in [6.45, 7) is 5.70. The van der Waals surface area contributed by atoms with Crippen molar-refractivity contribution in [3.05, 3.63) is 40.7 Å². The van der Waals surface area contributed by atoms with Crippen LogP contribution >= 0.6 is 0 Å². The first-order chi connectivity index (χ1) is 12.0. The van der Waals surface area contributed by atoms with Gasteiger partial charge in [0.15, 0.2) is 11.5 Å². The minimum absolute atomic E-state index is 0.139. The van der Waals surface area contributed by atoms with Crippen LogP contribution in [0.2, 0.25) is 0 Å². The first kappa shape index (κ1) is 18.5. The highest BCUT2D eigenvalue weighted by Crippen LogP contribution is 2.27. The number of aromatic nitrogens is 2. The topological polar surface area (TPSA) is 88.6 Å². The highest BCUT2D eigenvalue weighted by atomic mass is 16.5. The van der Waals surface area contributed by atoms with Gasteiger partial charge in [-0.25, -0.2) is 5.43 Å². The van der Waals surface area contributed by atoms with E-state index in [4.69, 9.17) is 9.47 Å². The third-order valence-corrected chi connectivity index (χ3v) is 4.03. The summed E-state index contributed by atoms with van der Waals surface area (Å²) in [4.78, 5) is 12.0. The molecule has 1 aromatic carbocycles. The number of aromatic amines is 1. The molecule has 1 heterocycles. The molecular weight excluding hydrogens is 320 g/mol. The van der Waals surface area contributed by atoms with Crippen molar-refractivity contribution >= 4 is 11.6 Å². The lowest BCUT2D eigenvalue weighted by atomic mass is 10.1. The highest BCUT2D eigenvalue weighted by molar-refractivity contribution is 5.99. The van der Waals surface area contributed by atoms with E-state index in [0.717, 1.165) is 22.5 Å². The fourth-order valence-corrected chi connectivity index (χ4v) is 2.51. The minimum atomic E-state index is -0.139. The van der Waals surface area contributed by atoms with Crippen LogP contribution in [0.15, 0.2) is 23.3 Å². The lowest BCUT2D eigenvalue weighted by Gasteiger charge is -2.09. The van der Waals surface area contributed by atoms with E-state index in [-0.39, 0.29) is 5.91 Å². The van der Waals surface area contributed by atoms with Gasteiger partial charge in [0.1, 0.15) is 0 Å². The van der Waals surface area contributed by atoms with Crippen molar-refractivity contribution in [2.75, 3.05) is 14.2 Å². The van der Waals surface area contributed by atoms with E-state index in [1.807, 2.05) is 32.9 Å². The molecule has 0 aliphatic rings. The van der Waals surface area contributed by atoms with Gasteiger partial charge in [0.25, 0.3) is 0 Å². The Kier molecular flexibility index (Phi) is 6.16. The van der Waals surface area contributed by atoms with Crippen LogP contribution in [-0.4, -0.2) is 36.0 Å². The van der Waals surface area contributed by atoms with Crippen LogP contribution in [-0.2, 0) is 11.2 Å². The molecule has 0 spiro atoms. The Morgan fingerprint density at radius 1 is 1.24 bits per heavy atom. The molecule has 7 nitrogen and oxygen atoms in total. The van der Waals surface area contributed by atoms with Crippen molar-refractivity contribution in [1.82, 2.24) is 15.6 Å². The Morgan fingerprint density at radius 3 is 2.56 bits per heavy atom. The van der Waals surface area contributed by atoms with Crippen molar-refractivity contribution in [3.63, 3.8) is 0 Å². The molecule has 0 radical (unpaired) electrons. The Hall–Kier alpha value is -2.83. The first-order valence-corrected chi connectivity index (χ1v) is 8.02. The Balaban J connectivity index is 1.97. The summed E-state index contributed by atoms with van der Waals surface area (Å²) in [5.41, 5.74) is 7.13. The summed E-state index contributed by atoms with van der Waals surface area (Å²) in [7, 11) is 3.16. The van der Waals surface area contributed by atoms with Gasteiger partial charge in [-0.2, -0.15) is 10.2 Å². The van der Waals surface area contributed by atoms with Crippen LogP contribution < -0.4 is 14.9 Å². The fourth-order valence-electron chi connectivity index (χ4n) is 2.51. The van der Waals surface area contributed by atoms with Gasteiger partial charge in [0.05, 0.1) is 25.6 Å². The second-order valence-electron chi connectivity index (χ2n) is 5.71. The Labute approximate surface area is 147 Å². The normalized spacial score (nSPS) is 11.3. The molecule has 0 bridgehead atoms. The van der Waals surface area contributed by atoms with Crippen molar-refractivity contribution in [3.8, 4) is 11.5 Å². The SMILES string of the molecule is COc1ccc(/C(C)=N\NC(=O)CCc2c(C)n[nH]c2C)cc1OC. The predicted molar refractivity (Wildman–Crippen MR) is 96.3 cm³/mol. The van der Waals surface area contributed by atoms with Gasteiger partial charge in [-0.1, -0.05) is 0 Å². The van der Waals surface area contributed by atoms with Gasteiger partial charge >= 0.3 is 0 Å². The van der Waals surface area contributed by atoms with Crippen molar-refractivity contribution < 1.29 is 14.3 Å². The van der Waals surface area contributed by atoms with Gasteiger partial charge in [0.2, 0.25) is 5.91 Å². The number of hydrogen-bond donors (Lipinski definition) is 2. The molecule has 0 aliphatic carbocycles. The summed E-state index contributed by atoms with van der Waals surface area (Å²) >= 11 is 0. The molecule has 0 unspecified atom stereocenters. The number of benzene rings is 1. The van der Waals surface area contributed by atoms with E-state index in [1.165, 1.54) is 0 Å². The zero-order valence-electron chi connectivity index (χ0n) is 15.3. The second kappa shape index (κ2) is 8.32.